The second-order valence-corrected chi connectivity index (χ2v) is 9.00. The maximum Gasteiger partial charge on any atom is 0.416 e. The highest BCUT2D eigenvalue weighted by atomic mass is 79.9. The van der Waals surface area contributed by atoms with Gasteiger partial charge in [0.25, 0.3) is 10.0 Å². The topological polar surface area (TPSA) is 46.2 Å². The van der Waals surface area contributed by atoms with Crippen molar-refractivity contribution in [2.45, 2.75) is 10.4 Å². The molecule has 0 spiro atoms. The Bertz CT molecular complexity index is 735. The summed E-state index contributed by atoms with van der Waals surface area (Å²) in [6, 6.07) is 5.17. The predicted octanol–water partition coefficient (Wildman–Crippen LogP) is 5.09. The number of alkyl halides is 3. The van der Waals surface area contributed by atoms with Gasteiger partial charge in [0.2, 0.25) is 0 Å². The first-order valence-electron chi connectivity index (χ1n) is 5.24. The minimum Gasteiger partial charge on any atom is -0.279 e. The molecular weight excluding hydrogens is 459 g/mol. The largest absolute Gasteiger partial charge is 0.416 e. The smallest absolute Gasteiger partial charge is 0.279 e. The van der Waals surface area contributed by atoms with Crippen LogP contribution in [0.15, 0.2) is 42.8 Å². The molecule has 0 saturated heterocycles. The van der Waals surface area contributed by atoms with E-state index in [1.165, 1.54) is 6.07 Å². The van der Waals surface area contributed by atoms with Crippen LogP contribution in [0.5, 0.6) is 0 Å². The van der Waals surface area contributed by atoms with E-state index in [1.54, 1.807) is 0 Å². The Morgan fingerprint density at radius 2 is 1.67 bits per heavy atom. The lowest BCUT2D eigenvalue weighted by Gasteiger charge is -2.09. The van der Waals surface area contributed by atoms with E-state index in [-0.39, 0.29) is 9.90 Å². The number of halogens is 5. The van der Waals surface area contributed by atoms with Crippen LogP contribution in [0.1, 0.15) is 5.56 Å². The third kappa shape index (κ3) is 3.99. The van der Waals surface area contributed by atoms with Crippen LogP contribution in [-0.2, 0) is 16.2 Å². The molecular formula is C11H6Br2F3NO2S2. The zero-order chi connectivity index (χ0) is 15.8. The molecule has 10 heteroatoms. The molecule has 0 fully saturated rings. The summed E-state index contributed by atoms with van der Waals surface area (Å²) in [6.07, 6.45) is -4.46. The van der Waals surface area contributed by atoms with E-state index >= 15 is 0 Å². The van der Waals surface area contributed by atoms with E-state index in [9.17, 15) is 21.6 Å². The van der Waals surface area contributed by atoms with Crippen LogP contribution < -0.4 is 4.72 Å². The quantitative estimate of drug-likeness (QED) is 0.687. The molecule has 0 bridgehead atoms. The van der Waals surface area contributed by atoms with Crippen LogP contribution in [0, 0.1) is 0 Å². The minimum absolute atomic E-state index is 0.0427. The average Bonchev–Trinajstić information content (AvgIpc) is 2.69. The fourth-order valence-corrected chi connectivity index (χ4v) is 5.27. The van der Waals surface area contributed by atoms with Crippen molar-refractivity contribution < 1.29 is 21.6 Å². The number of rotatable bonds is 3. The van der Waals surface area contributed by atoms with Crippen molar-refractivity contribution in [3.8, 4) is 0 Å². The van der Waals surface area contributed by atoms with Gasteiger partial charge in [-0.25, -0.2) is 8.42 Å². The molecule has 1 aromatic carbocycles. The van der Waals surface area contributed by atoms with Gasteiger partial charge in [-0.05, 0) is 62.2 Å². The molecule has 0 unspecified atom stereocenters. The zero-order valence-electron chi connectivity index (χ0n) is 9.91. The van der Waals surface area contributed by atoms with Crippen LogP contribution in [0.3, 0.4) is 0 Å². The van der Waals surface area contributed by atoms with Crippen molar-refractivity contribution in [2.75, 3.05) is 4.72 Å². The van der Waals surface area contributed by atoms with Gasteiger partial charge in [0.05, 0.1) is 9.35 Å². The Kier molecular flexibility index (Phi) is 4.72. The number of hydrogen-bond donors (Lipinski definition) is 1. The van der Waals surface area contributed by atoms with Gasteiger partial charge in [-0.15, -0.1) is 11.3 Å². The fraction of sp³-hybridized carbons (Fsp3) is 0.0909. The lowest BCUT2D eigenvalue weighted by Crippen LogP contribution is -2.12. The second-order valence-electron chi connectivity index (χ2n) is 3.87. The molecule has 21 heavy (non-hydrogen) atoms. The van der Waals surface area contributed by atoms with E-state index < -0.39 is 21.8 Å². The molecule has 0 aliphatic heterocycles. The molecule has 0 atom stereocenters. The summed E-state index contributed by atoms with van der Waals surface area (Å²) < 4.78 is 64.9. The summed E-state index contributed by atoms with van der Waals surface area (Å²) in [4.78, 5) is 0. The van der Waals surface area contributed by atoms with Crippen molar-refractivity contribution >= 4 is 58.9 Å². The van der Waals surface area contributed by atoms with E-state index in [2.05, 4.69) is 36.6 Å². The van der Waals surface area contributed by atoms with Crippen LogP contribution >= 0.6 is 43.2 Å². The summed E-state index contributed by atoms with van der Waals surface area (Å²) in [6.45, 7) is 0. The second kappa shape index (κ2) is 5.90. The summed E-state index contributed by atoms with van der Waals surface area (Å²) in [7, 11) is -3.84. The first kappa shape index (κ1) is 16.8. The Morgan fingerprint density at radius 3 is 2.10 bits per heavy atom. The highest BCUT2D eigenvalue weighted by molar-refractivity contribution is 9.13. The SMILES string of the molecule is O=S(=O)(Nc1ccc(C(F)(F)F)cc1)c1cc(Br)c(Br)s1. The summed E-state index contributed by atoms with van der Waals surface area (Å²) in [5.41, 5.74) is -0.782. The molecule has 114 valence electrons. The van der Waals surface area contributed by atoms with Crippen molar-refractivity contribution in [1.29, 1.82) is 0 Å². The van der Waals surface area contributed by atoms with E-state index in [0.29, 0.717) is 8.26 Å². The maximum absolute atomic E-state index is 12.4. The van der Waals surface area contributed by atoms with Gasteiger partial charge in [0, 0.05) is 10.2 Å². The zero-order valence-corrected chi connectivity index (χ0v) is 14.7. The van der Waals surface area contributed by atoms with Crippen molar-refractivity contribution in [3.05, 3.63) is 44.2 Å². The number of anilines is 1. The first-order valence-corrected chi connectivity index (χ1v) is 9.13. The molecule has 0 saturated carbocycles. The third-order valence-electron chi connectivity index (χ3n) is 2.35. The molecule has 0 aliphatic rings. The van der Waals surface area contributed by atoms with E-state index in [4.69, 9.17) is 0 Å². The van der Waals surface area contributed by atoms with Crippen LogP contribution in [-0.4, -0.2) is 8.42 Å². The van der Waals surface area contributed by atoms with Gasteiger partial charge in [-0.1, -0.05) is 0 Å². The van der Waals surface area contributed by atoms with Crippen molar-refractivity contribution in [2.24, 2.45) is 0 Å². The Hall–Kier alpha value is -0.580. The first-order chi connectivity index (χ1) is 9.59. The molecule has 3 nitrogen and oxygen atoms in total. The minimum atomic E-state index is -4.46. The molecule has 2 rings (SSSR count). The summed E-state index contributed by atoms with van der Waals surface area (Å²) in [5.74, 6) is 0. The number of hydrogen-bond acceptors (Lipinski definition) is 3. The van der Waals surface area contributed by atoms with Crippen molar-refractivity contribution in [3.63, 3.8) is 0 Å². The van der Waals surface area contributed by atoms with E-state index in [0.717, 1.165) is 35.6 Å². The number of benzene rings is 1. The van der Waals surface area contributed by atoms with Crippen LogP contribution in [0.2, 0.25) is 0 Å². The van der Waals surface area contributed by atoms with Crippen LogP contribution in [0.4, 0.5) is 18.9 Å². The standard InChI is InChI=1S/C11H6Br2F3NO2S2/c12-8-5-9(20-10(8)13)21(18,19)17-7-3-1-6(2-4-7)11(14,15)16/h1-5,17H. The van der Waals surface area contributed by atoms with Gasteiger partial charge in [0.15, 0.2) is 0 Å². The summed E-state index contributed by atoms with van der Waals surface area (Å²) in [5, 5.41) is 0. The highest BCUT2D eigenvalue weighted by Crippen LogP contribution is 2.36. The van der Waals surface area contributed by atoms with Gasteiger partial charge in [0.1, 0.15) is 4.21 Å². The molecule has 2 aromatic rings. The molecule has 0 aliphatic carbocycles. The van der Waals surface area contributed by atoms with E-state index in [1.807, 2.05) is 0 Å². The highest BCUT2D eigenvalue weighted by Gasteiger charge is 2.30. The van der Waals surface area contributed by atoms with Crippen LogP contribution in [0.25, 0.3) is 0 Å². The van der Waals surface area contributed by atoms with Gasteiger partial charge in [-0.3, -0.25) is 4.72 Å². The van der Waals surface area contributed by atoms with Gasteiger partial charge in [-0.2, -0.15) is 13.2 Å². The monoisotopic (exact) mass is 463 g/mol. The Labute approximate surface area is 139 Å². The molecule has 1 N–H and O–H groups in total. The molecule has 0 amide bonds. The maximum atomic E-state index is 12.4. The van der Waals surface area contributed by atoms with Gasteiger partial charge < -0.3 is 0 Å². The lowest BCUT2D eigenvalue weighted by molar-refractivity contribution is -0.137. The number of nitrogens with one attached hydrogen (secondary N) is 1. The predicted molar refractivity (Wildman–Crippen MR) is 82.0 cm³/mol. The van der Waals surface area contributed by atoms with Crippen molar-refractivity contribution in [1.82, 2.24) is 0 Å². The van der Waals surface area contributed by atoms with Gasteiger partial charge >= 0.3 is 6.18 Å². The fourth-order valence-electron chi connectivity index (χ4n) is 1.39. The lowest BCUT2D eigenvalue weighted by atomic mass is 10.2. The Balaban J connectivity index is 2.25. The number of sulfonamides is 1. The Morgan fingerprint density at radius 1 is 1.10 bits per heavy atom. The number of thiophene rings is 1. The molecule has 0 radical (unpaired) electrons. The average molecular weight is 465 g/mol. The molecule has 1 heterocycles. The molecule has 1 aromatic heterocycles. The summed E-state index contributed by atoms with van der Waals surface area (Å²) >= 11 is 7.34. The third-order valence-corrected chi connectivity index (χ3v) is 7.46. The normalized spacial score (nSPS) is 12.4.